The van der Waals surface area contributed by atoms with E-state index in [1.807, 2.05) is 0 Å². The molecule has 8 heteroatoms. The third-order valence-electron chi connectivity index (χ3n) is 21.4. The van der Waals surface area contributed by atoms with Gasteiger partial charge < -0.3 is 29.4 Å². The van der Waals surface area contributed by atoms with Crippen LogP contribution in [0.15, 0.2) is 352 Å². The molecule has 102 heavy (non-hydrogen) atoms. The summed E-state index contributed by atoms with van der Waals surface area (Å²) in [7, 11) is 0. The van der Waals surface area contributed by atoms with Crippen molar-refractivity contribution in [2.45, 2.75) is 27.7 Å². The van der Waals surface area contributed by atoms with Gasteiger partial charge in [0.2, 0.25) is 13.4 Å². The second-order valence-corrected chi connectivity index (χ2v) is 27.4. The first kappa shape index (κ1) is 60.4. The number of hydrogen-bond acceptors (Lipinski definition) is 6. The summed E-state index contributed by atoms with van der Waals surface area (Å²) in [5.41, 5.74) is 36.7. The zero-order chi connectivity index (χ0) is 68.1. The molecule has 0 N–H and O–H groups in total. The molecule has 19 rings (SSSR count). The average Bonchev–Trinajstić information content (AvgIpc) is 0.683. The van der Waals surface area contributed by atoms with Crippen molar-refractivity contribution in [2.75, 3.05) is 29.4 Å². The van der Waals surface area contributed by atoms with Crippen molar-refractivity contribution < 1.29 is 0 Å². The van der Waals surface area contributed by atoms with Gasteiger partial charge in [-0.3, -0.25) is 0 Å². The van der Waals surface area contributed by atoms with Gasteiger partial charge in [0.05, 0.1) is 45.5 Å². The Hall–Kier alpha value is -12.8. The van der Waals surface area contributed by atoms with Crippen molar-refractivity contribution in [3.63, 3.8) is 0 Å². The fourth-order valence-electron chi connectivity index (χ4n) is 16.7. The minimum absolute atomic E-state index is 0.242. The van der Waals surface area contributed by atoms with Crippen LogP contribution < -0.4 is 62.2 Å². The highest BCUT2D eigenvalue weighted by atomic mass is 15.3. The highest BCUT2D eigenvalue weighted by molar-refractivity contribution is 7.01. The largest absolute Gasteiger partial charge is 0.310 e. The maximum Gasteiger partial charge on any atom is 0.246 e. The fourth-order valence-corrected chi connectivity index (χ4v) is 16.7. The van der Waals surface area contributed by atoms with Gasteiger partial charge in [0.25, 0.3) is 0 Å². The Kier molecular flexibility index (Phi) is 14.6. The molecule has 0 spiro atoms. The van der Waals surface area contributed by atoms with E-state index in [9.17, 15) is 0 Å². The van der Waals surface area contributed by atoms with Crippen LogP contribution in [0.2, 0.25) is 0 Å². The van der Waals surface area contributed by atoms with Gasteiger partial charge in [0.15, 0.2) is 0 Å². The Morgan fingerprint density at radius 1 is 0.216 bits per heavy atom. The normalized spacial score (nSPS) is 12.8. The monoisotopic (exact) mass is 1300 g/mol. The van der Waals surface area contributed by atoms with Crippen LogP contribution in [0, 0.1) is 27.7 Å². The van der Waals surface area contributed by atoms with Crippen molar-refractivity contribution >= 4 is 149 Å². The predicted molar refractivity (Wildman–Crippen MR) is 434 cm³/mol. The van der Waals surface area contributed by atoms with E-state index in [0.29, 0.717) is 0 Å². The molecular weight excluding hydrogens is 1230 g/mol. The van der Waals surface area contributed by atoms with Gasteiger partial charge in [-0.2, -0.15) is 0 Å². The van der Waals surface area contributed by atoms with Crippen molar-refractivity contribution in [3.05, 3.63) is 374 Å². The summed E-state index contributed by atoms with van der Waals surface area (Å²) in [6.45, 7) is 8.53. The topological polar surface area (TPSA) is 19.4 Å². The van der Waals surface area contributed by atoms with E-state index in [-0.39, 0.29) is 13.4 Å². The molecule has 4 aliphatic rings. The molecule has 482 valence electrons. The Morgan fingerprint density at radius 2 is 0.539 bits per heavy atom. The van der Waals surface area contributed by atoms with Crippen LogP contribution in [0.25, 0.3) is 22.3 Å². The van der Waals surface area contributed by atoms with Gasteiger partial charge in [-0.1, -0.05) is 260 Å². The summed E-state index contributed by atoms with van der Waals surface area (Å²) in [5, 5.41) is 0. The quantitative estimate of drug-likeness (QED) is 0.113. The highest BCUT2D eigenvalue weighted by Gasteiger charge is 2.48. The first-order chi connectivity index (χ1) is 50.3. The van der Waals surface area contributed by atoms with Crippen molar-refractivity contribution in [1.82, 2.24) is 0 Å². The zero-order valence-electron chi connectivity index (χ0n) is 57.3. The number of aryl methyl sites for hydroxylation is 4. The molecule has 15 aromatic carbocycles. The van der Waals surface area contributed by atoms with E-state index >= 15 is 0 Å². The van der Waals surface area contributed by atoms with Gasteiger partial charge >= 0.3 is 0 Å². The van der Waals surface area contributed by atoms with Crippen LogP contribution in [0.4, 0.5) is 102 Å². The number of benzene rings is 15. The van der Waals surface area contributed by atoms with Crippen molar-refractivity contribution in [2.24, 2.45) is 0 Å². The first-order valence-corrected chi connectivity index (χ1v) is 35.5. The lowest BCUT2D eigenvalue weighted by atomic mass is 9.31. The minimum atomic E-state index is -0.242. The van der Waals surface area contributed by atoms with Crippen molar-refractivity contribution in [1.29, 1.82) is 0 Å². The smallest absolute Gasteiger partial charge is 0.246 e. The average molecular weight is 1310 g/mol. The Labute approximate surface area is 598 Å². The summed E-state index contributed by atoms with van der Waals surface area (Å²) in [5.74, 6) is 0. The van der Waals surface area contributed by atoms with Crippen LogP contribution in [0.3, 0.4) is 0 Å². The van der Waals surface area contributed by atoms with Gasteiger partial charge in [-0.25, -0.2) is 0 Å². The van der Waals surface area contributed by atoms with Crippen LogP contribution >= 0.6 is 0 Å². The molecule has 4 aliphatic heterocycles. The third-order valence-corrected chi connectivity index (χ3v) is 21.4. The van der Waals surface area contributed by atoms with Crippen LogP contribution in [0.1, 0.15) is 22.3 Å². The lowest BCUT2D eigenvalue weighted by Crippen LogP contribution is -2.62. The summed E-state index contributed by atoms with van der Waals surface area (Å²) < 4.78 is 0. The van der Waals surface area contributed by atoms with Gasteiger partial charge in [0, 0.05) is 56.9 Å². The van der Waals surface area contributed by atoms with E-state index in [2.05, 4.69) is 409 Å². The molecule has 0 aromatic heterocycles. The maximum atomic E-state index is 2.64. The number of hydrogen-bond donors (Lipinski definition) is 0. The van der Waals surface area contributed by atoms with E-state index in [1.165, 1.54) is 66.2 Å². The molecule has 0 radical (unpaired) electrons. The van der Waals surface area contributed by atoms with Crippen LogP contribution in [-0.4, -0.2) is 13.4 Å². The number of nitrogens with zero attached hydrogens (tertiary/aromatic N) is 6. The van der Waals surface area contributed by atoms with E-state index < -0.39 is 0 Å². The van der Waals surface area contributed by atoms with Crippen molar-refractivity contribution in [3.8, 4) is 22.3 Å². The van der Waals surface area contributed by atoms with Crippen LogP contribution in [-0.2, 0) is 0 Å². The zero-order valence-corrected chi connectivity index (χ0v) is 57.3. The number of rotatable bonds is 12. The van der Waals surface area contributed by atoms with Gasteiger partial charge in [-0.15, -0.1) is 0 Å². The molecule has 0 unspecified atom stereocenters. The molecule has 0 bridgehead atoms. The highest BCUT2D eigenvalue weighted by Crippen LogP contribution is 2.60. The Balaban J connectivity index is 0.923. The number of anilines is 18. The molecule has 0 amide bonds. The summed E-state index contributed by atoms with van der Waals surface area (Å²) in [4.78, 5) is 15.4. The second kappa shape index (κ2) is 24.6. The third kappa shape index (κ3) is 9.80. The fraction of sp³-hybridized carbons (Fsp3) is 0.0426. The number of fused-ring (bicyclic) bond motifs is 8. The standard InChI is InChI=1S/C94H70B2N6/c1-63-31-23-25-45-81(63)99(87-55-69(53-51-65(87)3)67-33-11-5-12-34-67)75-57-79-93-91(59-75)97(73-41-19-9-20-42-73)83-47-27-29-49-85(83)101(93)89-62-90-78(61-77(89)95(79)71-37-15-7-16-38-71)96(72-39-17-8-18-40-72)80-58-76(60-92-94(80)102(90)86-50-30-28-48-84(86)98(92)74-43-21-10-22-44-74)100(82-46-26-24-32-64(82)2)88-56-70(54-52-66(88)4)68-35-13-6-14-36-68/h5-62H,1-4H3. The van der Waals surface area contributed by atoms with E-state index in [0.717, 1.165) is 113 Å². The molecule has 0 saturated carbocycles. The lowest BCUT2D eigenvalue weighted by molar-refractivity contribution is 1.15. The summed E-state index contributed by atoms with van der Waals surface area (Å²) in [6.07, 6.45) is 0. The molecule has 0 aliphatic carbocycles. The summed E-state index contributed by atoms with van der Waals surface area (Å²) in [6, 6.07) is 131. The minimum Gasteiger partial charge on any atom is -0.310 e. The molecule has 0 atom stereocenters. The predicted octanol–water partition coefficient (Wildman–Crippen LogP) is 21.4. The maximum absolute atomic E-state index is 2.64. The SMILES string of the molecule is Cc1ccccc1N(c1cc2c3c(c1)N(c1ccccc1)c1ccccc1N3c1cc3c(cc1B2c1ccccc1)B(c1ccccc1)c1cc(N(c2ccccc2C)c2cc(-c4ccccc4)ccc2C)cc2c1N3c1ccccc1N2c1ccccc1)c1cc(-c2ccccc2)ccc1C. The van der Waals surface area contributed by atoms with E-state index in [1.54, 1.807) is 0 Å². The van der Waals surface area contributed by atoms with E-state index in [4.69, 9.17) is 0 Å². The molecule has 6 nitrogen and oxygen atoms in total. The Bertz CT molecular complexity index is 5400. The summed E-state index contributed by atoms with van der Waals surface area (Å²) >= 11 is 0. The molecule has 4 heterocycles. The molecule has 0 saturated heterocycles. The first-order valence-electron chi connectivity index (χ1n) is 35.5. The lowest BCUT2D eigenvalue weighted by Gasteiger charge is -2.49. The van der Waals surface area contributed by atoms with Gasteiger partial charge in [0.1, 0.15) is 0 Å². The Morgan fingerprint density at radius 3 is 0.922 bits per heavy atom. The van der Waals surface area contributed by atoms with Crippen LogP contribution in [0.5, 0.6) is 0 Å². The molecular formula is C94H70B2N6. The molecule has 0 fully saturated rings. The molecule has 15 aromatic rings. The second-order valence-electron chi connectivity index (χ2n) is 27.4. The number of para-hydroxylation sites is 8. The van der Waals surface area contributed by atoms with Gasteiger partial charge in [-0.05, 0) is 197 Å².